The van der Waals surface area contributed by atoms with E-state index < -0.39 is 23.9 Å². The fourth-order valence-corrected chi connectivity index (χ4v) is 3.08. The molecule has 2 amide bonds. The van der Waals surface area contributed by atoms with Crippen molar-refractivity contribution < 1.29 is 32.2 Å². The molecule has 0 aliphatic rings. The molecule has 0 saturated heterocycles. The second kappa shape index (κ2) is 9.33. The van der Waals surface area contributed by atoms with Gasteiger partial charge in [0.05, 0.1) is 5.02 Å². The summed E-state index contributed by atoms with van der Waals surface area (Å²) in [4.78, 5) is 27.9. The Bertz CT molecular complexity index is 1170. The minimum atomic E-state index is -4.84. The van der Waals surface area contributed by atoms with Crippen LogP contribution in [-0.2, 0) is 0 Å². The highest BCUT2D eigenvalue weighted by Gasteiger charge is 2.31. The first-order valence-corrected chi connectivity index (χ1v) is 9.37. The molecule has 3 rings (SSSR count). The normalized spacial score (nSPS) is 11.0. The molecular formula is C20H12Cl2F3N3O4. The van der Waals surface area contributed by atoms with Crippen molar-refractivity contribution in [3.8, 4) is 17.2 Å². The van der Waals surface area contributed by atoms with Crippen LogP contribution in [0, 0.1) is 0 Å². The van der Waals surface area contributed by atoms with Crippen molar-refractivity contribution in [2.75, 3.05) is 5.32 Å². The van der Waals surface area contributed by atoms with E-state index in [0.29, 0.717) is 0 Å². The zero-order valence-electron chi connectivity index (χ0n) is 15.7. The second-order valence-electron chi connectivity index (χ2n) is 6.13. The van der Waals surface area contributed by atoms with Crippen LogP contribution in [-0.4, -0.2) is 23.2 Å². The molecule has 0 aliphatic carbocycles. The van der Waals surface area contributed by atoms with E-state index in [1.54, 1.807) is 0 Å². The molecule has 3 N–H and O–H groups in total. The number of anilines is 1. The fourth-order valence-electron chi connectivity index (χ4n) is 2.52. The number of pyridine rings is 1. The number of hydrogen-bond acceptors (Lipinski definition) is 5. The zero-order valence-corrected chi connectivity index (χ0v) is 17.3. The number of nitrogens with two attached hydrogens (primary N) is 1. The van der Waals surface area contributed by atoms with Gasteiger partial charge in [-0.2, -0.15) is 0 Å². The van der Waals surface area contributed by atoms with Gasteiger partial charge in [0.25, 0.3) is 11.8 Å². The summed E-state index contributed by atoms with van der Waals surface area (Å²) in [5.74, 6) is -1.91. The van der Waals surface area contributed by atoms with Crippen LogP contribution in [0.4, 0.5) is 18.9 Å². The van der Waals surface area contributed by atoms with Crippen molar-refractivity contribution in [1.82, 2.24) is 4.98 Å². The Morgan fingerprint density at radius 1 is 1.00 bits per heavy atom. The number of hydrogen-bond donors (Lipinski definition) is 2. The Kier molecular flexibility index (Phi) is 6.75. The lowest BCUT2D eigenvalue weighted by molar-refractivity contribution is -0.274. The number of benzene rings is 2. The minimum Gasteiger partial charge on any atom is -0.456 e. The molecule has 1 aromatic heterocycles. The number of ether oxygens (including phenoxy) is 2. The summed E-state index contributed by atoms with van der Waals surface area (Å²) in [6, 6.07) is 9.81. The number of rotatable bonds is 6. The molecule has 3 aromatic rings. The molecule has 0 fully saturated rings. The van der Waals surface area contributed by atoms with E-state index in [1.807, 2.05) is 0 Å². The van der Waals surface area contributed by atoms with Crippen molar-refractivity contribution in [3.05, 3.63) is 76.0 Å². The van der Waals surface area contributed by atoms with Crippen LogP contribution in [0.25, 0.3) is 0 Å². The third-order valence-electron chi connectivity index (χ3n) is 3.80. The topological polar surface area (TPSA) is 104 Å². The maximum absolute atomic E-state index is 12.8. The van der Waals surface area contributed by atoms with Crippen molar-refractivity contribution in [2.45, 2.75) is 6.36 Å². The van der Waals surface area contributed by atoms with Gasteiger partial charge in [-0.1, -0.05) is 23.2 Å². The molecule has 166 valence electrons. The highest BCUT2D eigenvalue weighted by Crippen LogP contribution is 2.35. The molecule has 0 atom stereocenters. The molecule has 7 nitrogen and oxygen atoms in total. The predicted octanol–water partition coefficient (Wildman–Crippen LogP) is 5.43. The van der Waals surface area contributed by atoms with Crippen molar-refractivity contribution in [3.63, 3.8) is 0 Å². The molecule has 12 heteroatoms. The third kappa shape index (κ3) is 6.02. The van der Waals surface area contributed by atoms with Crippen LogP contribution in [0.1, 0.15) is 20.8 Å². The third-order valence-corrected chi connectivity index (χ3v) is 4.32. The van der Waals surface area contributed by atoms with Gasteiger partial charge in [0.2, 0.25) is 0 Å². The average molecular weight is 486 g/mol. The van der Waals surface area contributed by atoms with E-state index in [4.69, 9.17) is 33.7 Å². The lowest BCUT2D eigenvalue weighted by Crippen LogP contribution is -2.17. The van der Waals surface area contributed by atoms with Crippen LogP contribution in [0.15, 0.2) is 54.7 Å². The number of halogens is 5. The van der Waals surface area contributed by atoms with Crippen LogP contribution >= 0.6 is 23.2 Å². The summed E-state index contributed by atoms with van der Waals surface area (Å²) in [6.07, 6.45) is -3.56. The Morgan fingerprint density at radius 3 is 2.28 bits per heavy atom. The van der Waals surface area contributed by atoms with Gasteiger partial charge in [0.1, 0.15) is 28.5 Å². The summed E-state index contributed by atoms with van der Waals surface area (Å²) in [5.41, 5.74) is 5.22. The number of nitrogens with one attached hydrogen (secondary N) is 1. The van der Waals surface area contributed by atoms with E-state index in [2.05, 4.69) is 15.0 Å². The molecule has 32 heavy (non-hydrogen) atoms. The smallest absolute Gasteiger partial charge is 0.456 e. The van der Waals surface area contributed by atoms with E-state index in [-0.39, 0.29) is 38.5 Å². The van der Waals surface area contributed by atoms with E-state index in [1.165, 1.54) is 42.6 Å². The second-order valence-corrected chi connectivity index (χ2v) is 6.97. The summed E-state index contributed by atoms with van der Waals surface area (Å²) < 4.78 is 46.4. The van der Waals surface area contributed by atoms with Crippen molar-refractivity contribution in [2.24, 2.45) is 5.73 Å². The largest absolute Gasteiger partial charge is 0.573 e. The van der Waals surface area contributed by atoms with Gasteiger partial charge in [0, 0.05) is 23.0 Å². The SMILES string of the molecule is NC(=O)c1cc(NC(=O)c2c(Cl)cc(Cl)cc2Oc2ccc(OC(F)(F)F)cc2)ccn1. The molecule has 2 aromatic carbocycles. The standard InChI is InChI=1S/C20H12Cl2F3N3O4/c21-10-7-14(22)17(19(30)28-11-5-6-27-15(9-11)18(26)29)16(8-10)31-12-1-3-13(4-2-12)32-20(23,24)25/h1-9H,(H2,26,29)(H,27,28,30). The van der Waals surface area contributed by atoms with Crippen LogP contribution in [0.5, 0.6) is 17.2 Å². The molecule has 0 aliphatic heterocycles. The van der Waals surface area contributed by atoms with Gasteiger partial charge in [-0.15, -0.1) is 13.2 Å². The number of primary amides is 1. The predicted molar refractivity (Wildman–Crippen MR) is 110 cm³/mol. The maximum atomic E-state index is 12.8. The summed E-state index contributed by atoms with van der Waals surface area (Å²) >= 11 is 12.2. The van der Waals surface area contributed by atoms with Crippen LogP contribution in [0.2, 0.25) is 10.0 Å². The lowest BCUT2D eigenvalue weighted by atomic mass is 10.1. The Hall–Kier alpha value is -3.50. The molecule has 0 bridgehead atoms. The van der Waals surface area contributed by atoms with Crippen LogP contribution < -0.4 is 20.5 Å². The highest BCUT2D eigenvalue weighted by atomic mass is 35.5. The molecule has 0 spiro atoms. The van der Waals surface area contributed by atoms with E-state index >= 15 is 0 Å². The minimum absolute atomic E-state index is 0.0498. The van der Waals surface area contributed by atoms with Gasteiger partial charge >= 0.3 is 6.36 Å². The number of nitrogens with zero attached hydrogens (tertiary/aromatic N) is 1. The monoisotopic (exact) mass is 485 g/mol. The number of amides is 2. The molecule has 0 unspecified atom stereocenters. The summed E-state index contributed by atoms with van der Waals surface area (Å²) in [5, 5.41) is 2.64. The van der Waals surface area contributed by atoms with Gasteiger partial charge in [-0.05, 0) is 42.5 Å². The maximum Gasteiger partial charge on any atom is 0.573 e. The lowest BCUT2D eigenvalue weighted by Gasteiger charge is -2.14. The fraction of sp³-hybridized carbons (Fsp3) is 0.0500. The zero-order chi connectivity index (χ0) is 23.5. The molecular weight excluding hydrogens is 474 g/mol. The van der Waals surface area contributed by atoms with Crippen molar-refractivity contribution in [1.29, 1.82) is 0 Å². The Morgan fingerprint density at radius 2 is 1.66 bits per heavy atom. The first-order valence-electron chi connectivity index (χ1n) is 8.62. The Labute approximate surface area is 188 Å². The van der Waals surface area contributed by atoms with Gasteiger partial charge in [-0.3, -0.25) is 14.6 Å². The Balaban J connectivity index is 1.87. The van der Waals surface area contributed by atoms with Crippen LogP contribution in [0.3, 0.4) is 0 Å². The first kappa shape index (κ1) is 23.2. The number of carbonyl (C=O) groups excluding carboxylic acids is 2. The number of carbonyl (C=O) groups is 2. The summed E-state index contributed by atoms with van der Waals surface area (Å²) in [7, 11) is 0. The molecule has 0 saturated carbocycles. The molecule has 0 radical (unpaired) electrons. The van der Waals surface area contributed by atoms with Crippen molar-refractivity contribution >= 4 is 40.7 Å². The average Bonchev–Trinajstić information content (AvgIpc) is 2.68. The number of alkyl halides is 3. The van der Waals surface area contributed by atoms with Gasteiger partial charge < -0.3 is 20.5 Å². The van der Waals surface area contributed by atoms with E-state index in [0.717, 1.165) is 12.1 Å². The van der Waals surface area contributed by atoms with Gasteiger partial charge in [-0.25, -0.2) is 0 Å². The summed E-state index contributed by atoms with van der Waals surface area (Å²) in [6.45, 7) is 0. The van der Waals surface area contributed by atoms with Gasteiger partial charge in [0.15, 0.2) is 0 Å². The molecule has 1 heterocycles. The quantitative estimate of drug-likeness (QED) is 0.484. The first-order chi connectivity index (χ1) is 15.0. The highest BCUT2D eigenvalue weighted by molar-refractivity contribution is 6.37. The van der Waals surface area contributed by atoms with E-state index in [9.17, 15) is 22.8 Å². The number of aromatic nitrogens is 1.